The van der Waals surface area contributed by atoms with Crippen LogP contribution in [0.25, 0.3) is 0 Å². The van der Waals surface area contributed by atoms with Crippen LogP contribution in [0, 0.1) is 0 Å². The molecule has 1 rings (SSSR count). The summed E-state index contributed by atoms with van der Waals surface area (Å²) in [4.78, 5) is 22.9. The van der Waals surface area contributed by atoms with Gasteiger partial charge >= 0.3 is 12.1 Å². The number of amides is 1. The van der Waals surface area contributed by atoms with Gasteiger partial charge in [-0.1, -0.05) is 37.3 Å². The van der Waals surface area contributed by atoms with E-state index in [4.69, 9.17) is 9.84 Å². The lowest BCUT2D eigenvalue weighted by Gasteiger charge is -2.28. The fourth-order valence-electron chi connectivity index (χ4n) is 1.91. The van der Waals surface area contributed by atoms with Crippen molar-refractivity contribution >= 4 is 23.8 Å². The van der Waals surface area contributed by atoms with E-state index in [9.17, 15) is 9.59 Å². The molecule has 22 heavy (non-hydrogen) atoms. The van der Waals surface area contributed by atoms with E-state index in [2.05, 4.69) is 12.2 Å². The first-order valence-corrected chi connectivity index (χ1v) is 8.39. The van der Waals surface area contributed by atoms with E-state index in [0.717, 1.165) is 17.7 Å². The molecule has 1 amide bonds. The van der Waals surface area contributed by atoms with Crippen LogP contribution >= 0.6 is 11.8 Å². The zero-order chi connectivity index (χ0) is 16.4. The van der Waals surface area contributed by atoms with Crippen LogP contribution in [0.1, 0.15) is 32.3 Å². The number of carboxylic acid groups (broad SMARTS) is 1. The van der Waals surface area contributed by atoms with Crippen molar-refractivity contribution in [1.29, 1.82) is 0 Å². The van der Waals surface area contributed by atoms with Gasteiger partial charge in [0.1, 0.15) is 6.61 Å². The fourth-order valence-corrected chi connectivity index (χ4v) is 2.97. The molecule has 0 aliphatic carbocycles. The number of benzene rings is 1. The van der Waals surface area contributed by atoms with Crippen molar-refractivity contribution in [2.45, 2.75) is 38.8 Å². The largest absolute Gasteiger partial charge is 0.481 e. The summed E-state index contributed by atoms with van der Waals surface area (Å²) in [6, 6.07) is 9.35. The highest BCUT2D eigenvalue weighted by Gasteiger charge is 2.30. The van der Waals surface area contributed by atoms with Crippen LogP contribution in [0.2, 0.25) is 0 Å². The van der Waals surface area contributed by atoms with Crippen molar-refractivity contribution in [3.8, 4) is 0 Å². The molecule has 0 heterocycles. The van der Waals surface area contributed by atoms with Crippen LogP contribution in [-0.4, -0.2) is 34.2 Å². The van der Waals surface area contributed by atoms with Crippen molar-refractivity contribution < 1.29 is 19.4 Å². The smallest absolute Gasteiger partial charge is 0.407 e. The number of aliphatic carboxylic acids is 1. The summed E-state index contributed by atoms with van der Waals surface area (Å²) < 4.78 is 5.16. The Kier molecular flexibility index (Phi) is 7.80. The van der Waals surface area contributed by atoms with Gasteiger partial charge in [-0.05, 0) is 24.7 Å². The second-order valence-corrected chi connectivity index (χ2v) is 6.48. The van der Waals surface area contributed by atoms with Crippen LogP contribution in [0.5, 0.6) is 0 Å². The van der Waals surface area contributed by atoms with Gasteiger partial charge in [0, 0.05) is 5.75 Å². The second-order valence-electron chi connectivity index (χ2n) is 5.37. The summed E-state index contributed by atoms with van der Waals surface area (Å²) in [6.07, 6.45) is 0.279. The second kappa shape index (κ2) is 9.35. The third-order valence-electron chi connectivity index (χ3n) is 2.93. The molecule has 6 heteroatoms. The molecule has 0 spiro atoms. The number of carboxylic acids is 1. The van der Waals surface area contributed by atoms with E-state index in [1.807, 2.05) is 30.3 Å². The number of carbonyl (C=O) groups excluding carboxylic acids is 1. The minimum atomic E-state index is -0.942. The van der Waals surface area contributed by atoms with Gasteiger partial charge in [-0.3, -0.25) is 4.79 Å². The molecule has 0 radical (unpaired) electrons. The molecular weight excluding hydrogens is 302 g/mol. The molecule has 1 aromatic carbocycles. The molecule has 0 saturated carbocycles. The first-order chi connectivity index (χ1) is 10.4. The number of hydrogen-bond acceptors (Lipinski definition) is 4. The average molecular weight is 325 g/mol. The highest BCUT2D eigenvalue weighted by Crippen LogP contribution is 2.18. The zero-order valence-corrected chi connectivity index (χ0v) is 13.8. The number of nitrogens with one attached hydrogen (secondary N) is 1. The van der Waals surface area contributed by atoms with Crippen molar-refractivity contribution in [2.75, 3.05) is 11.5 Å². The van der Waals surface area contributed by atoms with E-state index >= 15 is 0 Å². The number of hydrogen-bond donors (Lipinski definition) is 2. The molecule has 0 bridgehead atoms. The summed E-state index contributed by atoms with van der Waals surface area (Å²) in [7, 11) is 0. The lowest BCUT2D eigenvalue weighted by Crippen LogP contribution is -2.49. The molecule has 2 N–H and O–H groups in total. The summed E-state index contributed by atoms with van der Waals surface area (Å²) in [5.74, 6) is 0.520. The van der Waals surface area contributed by atoms with Crippen molar-refractivity contribution in [3.63, 3.8) is 0 Å². The quantitative estimate of drug-likeness (QED) is 0.681. The van der Waals surface area contributed by atoms with Gasteiger partial charge in [0.05, 0.1) is 12.0 Å². The van der Waals surface area contributed by atoms with Crippen LogP contribution in [-0.2, 0) is 16.1 Å². The molecule has 5 nitrogen and oxygen atoms in total. The van der Waals surface area contributed by atoms with E-state index in [1.54, 1.807) is 18.7 Å². The maximum atomic E-state index is 11.9. The summed E-state index contributed by atoms with van der Waals surface area (Å²) in [5.41, 5.74) is 0.0670. The third kappa shape index (κ3) is 7.36. The van der Waals surface area contributed by atoms with Crippen LogP contribution in [0.3, 0.4) is 0 Å². The van der Waals surface area contributed by atoms with E-state index in [0.29, 0.717) is 5.75 Å². The summed E-state index contributed by atoms with van der Waals surface area (Å²) >= 11 is 1.63. The molecule has 0 aromatic heterocycles. The Hall–Kier alpha value is -1.69. The van der Waals surface area contributed by atoms with Gasteiger partial charge in [-0.25, -0.2) is 4.79 Å². The first kappa shape index (κ1) is 18.4. The molecule has 122 valence electrons. The maximum absolute atomic E-state index is 11.9. The van der Waals surface area contributed by atoms with Crippen molar-refractivity contribution in [2.24, 2.45) is 0 Å². The Morgan fingerprint density at radius 1 is 1.32 bits per heavy atom. The maximum Gasteiger partial charge on any atom is 0.407 e. The van der Waals surface area contributed by atoms with Gasteiger partial charge in [0.2, 0.25) is 0 Å². The van der Waals surface area contributed by atoms with E-state index in [-0.39, 0.29) is 13.0 Å². The molecule has 1 unspecified atom stereocenters. The first-order valence-electron chi connectivity index (χ1n) is 7.23. The molecule has 0 aliphatic heterocycles. The van der Waals surface area contributed by atoms with Crippen LogP contribution in [0.4, 0.5) is 4.79 Å². The number of alkyl carbamates (subject to hydrolysis) is 1. The minimum absolute atomic E-state index is 0.135. The lowest BCUT2D eigenvalue weighted by molar-refractivity contribution is -0.138. The molecule has 0 fully saturated rings. The van der Waals surface area contributed by atoms with E-state index < -0.39 is 17.6 Å². The Morgan fingerprint density at radius 3 is 2.59 bits per heavy atom. The van der Waals surface area contributed by atoms with Crippen molar-refractivity contribution in [1.82, 2.24) is 5.32 Å². The monoisotopic (exact) mass is 325 g/mol. The highest BCUT2D eigenvalue weighted by atomic mass is 32.2. The summed E-state index contributed by atoms with van der Waals surface area (Å²) in [6.45, 7) is 3.95. The Bertz CT molecular complexity index is 480. The third-order valence-corrected chi connectivity index (χ3v) is 4.47. The predicted molar refractivity (Wildman–Crippen MR) is 88.0 cm³/mol. The number of carbonyl (C=O) groups is 2. The average Bonchev–Trinajstić information content (AvgIpc) is 2.45. The zero-order valence-electron chi connectivity index (χ0n) is 13.0. The van der Waals surface area contributed by atoms with Gasteiger partial charge in [-0.2, -0.15) is 11.8 Å². The Balaban J connectivity index is 2.52. The van der Waals surface area contributed by atoms with Gasteiger partial charge < -0.3 is 15.2 Å². The fraction of sp³-hybridized carbons (Fsp3) is 0.500. The van der Waals surface area contributed by atoms with Gasteiger partial charge in [0.25, 0.3) is 0 Å². The van der Waals surface area contributed by atoms with Gasteiger partial charge in [0.15, 0.2) is 0 Å². The number of rotatable bonds is 9. The molecule has 0 saturated heterocycles. The summed E-state index contributed by atoms with van der Waals surface area (Å²) in [5, 5.41) is 11.7. The molecule has 0 aliphatic rings. The molecule has 1 aromatic rings. The predicted octanol–water partition coefficient (Wildman–Crippen LogP) is 3.29. The van der Waals surface area contributed by atoms with Crippen LogP contribution in [0.15, 0.2) is 30.3 Å². The molecule has 1 atom stereocenters. The van der Waals surface area contributed by atoms with Crippen molar-refractivity contribution in [3.05, 3.63) is 35.9 Å². The highest BCUT2D eigenvalue weighted by molar-refractivity contribution is 7.99. The molecular formula is C16H23NO4S. The Labute approximate surface area is 135 Å². The van der Waals surface area contributed by atoms with Gasteiger partial charge in [-0.15, -0.1) is 0 Å². The SMILES string of the molecule is CCCSCC(C)(CC(=O)O)NC(=O)OCc1ccccc1. The van der Waals surface area contributed by atoms with Crippen LogP contribution < -0.4 is 5.32 Å². The standard InChI is InChI=1S/C16H23NO4S/c1-3-9-22-12-16(2,10-14(18)19)17-15(20)21-11-13-7-5-4-6-8-13/h4-8H,3,9-12H2,1-2H3,(H,17,20)(H,18,19). The minimum Gasteiger partial charge on any atom is -0.481 e. The number of ether oxygens (including phenoxy) is 1. The normalized spacial score (nSPS) is 13.2. The Morgan fingerprint density at radius 2 is 2.00 bits per heavy atom. The van der Waals surface area contributed by atoms with E-state index in [1.165, 1.54) is 0 Å². The number of thioether (sulfide) groups is 1. The lowest BCUT2D eigenvalue weighted by atomic mass is 10.0. The topological polar surface area (TPSA) is 75.6 Å².